The van der Waals surface area contributed by atoms with E-state index in [1.54, 1.807) is 0 Å². The first-order chi connectivity index (χ1) is 10.6. The van der Waals surface area contributed by atoms with Gasteiger partial charge in [0.15, 0.2) is 6.04 Å². The van der Waals surface area contributed by atoms with E-state index in [2.05, 4.69) is 5.32 Å². The van der Waals surface area contributed by atoms with Crippen molar-refractivity contribution in [2.75, 3.05) is 13.7 Å². The van der Waals surface area contributed by atoms with Gasteiger partial charge in [0.2, 0.25) is 5.91 Å². The highest BCUT2D eigenvalue weighted by Gasteiger charge is 2.30. The SMILES string of the molecule is COCC(NC(=O)C(C)Cc1cccc(C(F)(F)F)c1)C(=O)O. The fraction of sp³-hybridized carbons (Fsp3) is 0.467. The van der Waals surface area contributed by atoms with Gasteiger partial charge in [0.25, 0.3) is 0 Å². The van der Waals surface area contributed by atoms with Crippen LogP contribution in [-0.4, -0.2) is 36.7 Å². The average Bonchev–Trinajstić information content (AvgIpc) is 2.45. The predicted octanol–water partition coefficient (Wildman–Crippen LogP) is 2.10. The smallest absolute Gasteiger partial charge is 0.416 e. The zero-order valence-corrected chi connectivity index (χ0v) is 12.7. The normalized spacial score (nSPS) is 14.1. The van der Waals surface area contributed by atoms with Gasteiger partial charge in [0.1, 0.15) is 0 Å². The Balaban J connectivity index is 2.73. The minimum absolute atomic E-state index is 0.0646. The van der Waals surface area contributed by atoms with Crippen LogP contribution in [0.3, 0.4) is 0 Å². The largest absolute Gasteiger partial charge is 0.480 e. The van der Waals surface area contributed by atoms with Crippen LogP contribution < -0.4 is 5.32 Å². The lowest BCUT2D eigenvalue weighted by molar-refractivity contribution is -0.144. The molecule has 0 aliphatic carbocycles. The van der Waals surface area contributed by atoms with Gasteiger partial charge in [-0.3, -0.25) is 4.79 Å². The number of ether oxygens (including phenoxy) is 1. The number of alkyl halides is 3. The molecule has 0 saturated heterocycles. The lowest BCUT2D eigenvalue weighted by atomic mass is 9.98. The zero-order valence-electron chi connectivity index (χ0n) is 12.7. The van der Waals surface area contributed by atoms with Crippen LogP contribution in [0.4, 0.5) is 13.2 Å². The average molecular weight is 333 g/mol. The molecule has 2 atom stereocenters. The fourth-order valence-corrected chi connectivity index (χ4v) is 1.98. The Morgan fingerprint density at radius 3 is 2.52 bits per heavy atom. The number of rotatable bonds is 7. The summed E-state index contributed by atoms with van der Waals surface area (Å²) in [6, 6.07) is 3.49. The summed E-state index contributed by atoms with van der Waals surface area (Å²) in [6.45, 7) is 1.32. The molecule has 0 fully saturated rings. The van der Waals surface area contributed by atoms with Crippen LogP contribution in [0.25, 0.3) is 0 Å². The maximum absolute atomic E-state index is 12.7. The topological polar surface area (TPSA) is 75.6 Å². The number of aliphatic carboxylic acids is 1. The fourth-order valence-electron chi connectivity index (χ4n) is 1.98. The van der Waals surface area contributed by atoms with E-state index in [1.165, 1.54) is 26.2 Å². The van der Waals surface area contributed by atoms with Gasteiger partial charge in [-0.1, -0.05) is 25.1 Å². The van der Waals surface area contributed by atoms with Crippen molar-refractivity contribution in [1.29, 1.82) is 0 Å². The summed E-state index contributed by atoms with van der Waals surface area (Å²) < 4.78 is 42.7. The minimum Gasteiger partial charge on any atom is -0.480 e. The monoisotopic (exact) mass is 333 g/mol. The van der Waals surface area contributed by atoms with Crippen molar-refractivity contribution in [2.24, 2.45) is 5.92 Å². The van der Waals surface area contributed by atoms with Crippen molar-refractivity contribution >= 4 is 11.9 Å². The molecule has 5 nitrogen and oxygen atoms in total. The highest BCUT2D eigenvalue weighted by molar-refractivity contribution is 5.85. The van der Waals surface area contributed by atoms with E-state index in [1.807, 2.05) is 0 Å². The van der Waals surface area contributed by atoms with Crippen LogP contribution in [0.2, 0.25) is 0 Å². The molecule has 2 N–H and O–H groups in total. The van der Waals surface area contributed by atoms with Gasteiger partial charge >= 0.3 is 12.1 Å². The quantitative estimate of drug-likeness (QED) is 0.801. The summed E-state index contributed by atoms with van der Waals surface area (Å²) in [4.78, 5) is 22.9. The number of carbonyl (C=O) groups excluding carboxylic acids is 1. The Morgan fingerprint density at radius 1 is 1.35 bits per heavy atom. The predicted molar refractivity (Wildman–Crippen MR) is 75.8 cm³/mol. The second-order valence-electron chi connectivity index (χ2n) is 5.16. The molecule has 1 rings (SSSR count). The Kier molecular flexibility index (Phi) is 6.56. The van der Waals surface area contributed by atoms with Crippen LogP contribution in [0, 0.1) is 5.92 Å². The van der Waals surface area contributed by atoms with Gasteiger partial charge in [0, 0.05) is 13.0 Å². The number of hydrogen-bond acceptors (Lipinski definition) is 3. The maximum Gasteiger partial charge on any atom is 0.416 e. The molecule has 0 aliphatic rings. The zero-order chi connectivity index (χ0) is 17.6. The van der Waals surface area contributed by atoms with Crippen LogP contribution in [0.5, 0.6) is 0 Å². The van der Waals surface area contributed by atoms with E-state index in [-0.39, 0.29) is 13.0 Å². The number of carboxylic acids is 1. The molecule has 2 unspecified atom stereocenters. The molecule has 23 heavy (non-hydrogen) atoms. The molecule has 0 heterocycles. The second-order valence-corrected chi connectivity index (χ2v) is 5.16. The highest BCUT2D eigenvalue weighted by Crippen LogP contribution is 2.29. The molecule has 0 spiro atoms. The summed E-state index contributed by atoms with van der Waals surface area (Å²) in [5.74, 6) is -2.49. The summed E-state index contributed by atoms with van der Waals surface area (Å²) >= 11 is 0. The van der Waals surface area contributed by atoms with E-state index in [0.717, 1.165) is 12.1 Å². The summed E-state index contributed by atoms with van der Waals surface area (Å²) in [6.07, 6.45) is -4.39. The molecular weight excluding hydrogens is 315 g/mol. The first-order valence-corrected chi connectivity index (χ1v) is 6.83. The van der Waals surface area contributed by atoms with Crippen molar-refractivity contribution in [3.8, 4) is 0 Å². The van der Waals surface area contributed by atoms with Crippen LogP contribution in [0.1, 0.15) is 18.1 Å². The maximum atomic E-state index is 12.7. The van der Waals surface area contributed by atoms with Crippen molar-refractivity contribution in [3.63, 3.8) is 0 Å². The van der Waals surface area contributed by atoms with Crippen molar-refractivity contribution in [3.05, 3.63) is 35.4 Å². The molecule has 0 aromatic heterocycles. The summed E-state index contributed by atoms with van der Waals surface area (Å²) in [5.41, 5.74) is -0.438. The van der Waals surface area contributed by atoms with E-state index in [4.69, 9.17) is 9.84 Å². The molecule has 0 aliphatic heterocycles. The number of carbonyl (C=O) groups is 2. The Bertz CT molecular complexity index is 560. The summed E-state index contributed by atoms with van der Waals surface area (Å²) in [7, 11) is 1.30. The Hall–Kier alpha value is -2.09. The molecule has 1 amide bonds. The molecular formula is C15H18F3NO4. The van der Waals surface area contributed by atoms with E-state index >= 15 is 0 Å². The number of hydrogen-bond donors (Lipinski definition) is 2. The van der Waals surface area contributed by atoms with Gasteiger partial charge in [-0.2, -0.15) is 13.2 Å². The Morgan fingerprint density at radius 2 is 2.00 bits per heavy atom. The number of methoxy groups -OCH3 is 1. The van der Waals surface area contributed by atoms with Crippen molar-refractivity contribution in [2.45, 2.75) is 25.6 Å². The third-order valence-electron chi connectivity index (χ3n) is 3.19. The van der Waals surface area contributed by atoms with E-state index in [9.17, 15) is 22.8 Å². The molecule has 0 bridgehead atoms. The number of amides is 1. The highest BCUT2D eigenvalue weighted by atomic mass is 19.4. The van der Waals surface area contributed by atoms with E-state index in [0.29, 0.717) is 5.56 Å². The lowest BCUT2D eigenvalue weighted by Crippen LogP contribution is -2.46. The number of carboxylic acid groups (broad SMARTS) is 1. The van der Waals surface area contributed by atoms with Crippen LogP contribution in [-0.2, 0) is 26.9 Å². The molecule has 8 heteroatoms. The molecule has 1 aromatic carbocycles. The second kappa shape index (κ2) is 7.96. The molecule has 0 saturated carbocycles. The number of nitrogens with one attached hydrogen (secondary N) is 1. The first-order valence-electron chi connectivity index (χ1n) is 6.83. The third kappa shape index (κ3) is 5.90. The molecule has 128 valence electrons. The van der Waals surface area contributed by atoms with Gasteiger partial charge in [-0.25, -0.2) is 4.79 Å². The number of halogens is 3. The van der Waals surface area contributed by atoms with Gasteiger partial charge in [0.05, 0.1) is 12.2 Å². The van der Waals surface area contributed by atoms with E-state index < -0.39 is 35.6 Å². The first kappa shape index (κ1) is 19.0. The lowest BCUT2D eigenvalue weighted by Gasteiger charge is -2.17. The van der Waals surface area contributed by atoms with Gasteiger partial charge in [-0.05, 0) is 18.1 Å². The van der Waals surface area contributed by atoms with Crippen LogP contribution >= 0.6 is 0 Å². The van der Waals surface area contributed by atoms with Crippen LogP contribution in [0.15, 0.2) is 24.3 Å². The third-order valence-corrected chi connectivity index (χ3v) is 3.19. The van der Waals surface area contributed by atoms with Gasteiger partial charge in [-0.15, -0.1) is 0 Å². The van der Waals surface area contributed by atoms with Crippen molar-refractivity contribution < 1.29 is 32.6 Å². The molecule has 0 radical (unpaired) electrons. The summed E-state index contributed by atoms with van der Waals surface area (Å²) in [5, 5.41) is 11.2. The van der Waals surface area contributed by atoms with Crippen molar-refractivity contribution in [1.82, 2.24) is 5.32 Å². The number of benzene rings is 1. The minimum atomic E-state index is -4.45. The van der Waals surface area contributed by atoms with Gasteiger partial charge < -0.3 is 15.2 Å². The molecule has 1 aromatic rings. The standard InChI is InChI=1S/C15H18F3NO4/c1-9(13(20)19-12(8-23-2)14(21)22)6-10-4-3-5-11(7-10)15(16,17)18/h3-5,7,9,12H,6,8H2,1-2H3,(H,19,20)(H,21,22). The Labute approximate surface area is 131 Å².